The summed E-state index contributed by atoms with van der Waals surface area (Å²) in [6.45, 7) is 2.01. The monoisotopic (exact) mass is 208 g/mol. The molecule has 0 amide bonds. The Hall–Kier alpha value is -1.62. The second kappa shape index (κ2) is 4.57. The van der Waals surface area contributed by atoms with Gasteiger partial charge in [-0.1, -0.05) is 17.7 Å². The van der Waals surface area contributed by atoms with Crippen LogP contribution < -0.4 is 16.4 Å². The maximum Gasteiger partial charge on any atom is 0.192 e. The first-order valence-electron chi connectivity index (χ1n) is 4.06. The lowest BCUT2D eigenvalue weighted by molar-refractivity contribution is 1.26. The second-order valence-electron chi connectivity index (χ2n) is 2.86. The van der Waals surface area contributed by atoms with Gasteiger partial charge >= 0.3 is 0 Å². The molecule has 0 unspecified atom stereocenters. The Morgan fingerprint density at radius 2 is 1.93 bits per heavy atom. The van der Waals surface area contributed by atoms with E-state index in [1.54, 1.807) is 0 Å². The molecule has 1 aromatic rings. The third kappa shape index (κ3) is 3.40. The Morgan fingerprint density at radius 3 is 2.43 bits per heavy atom. The Labute approximate surface area is 88.0 Å². The van der Waals surface area contributed by atoms with Crippen LogP contribution in [-0.4, -0.2) is 11.1 Å². The highest BCUT2D eigenvalue weighted by atomic mass is 32.1. The maximum absolute atomic E-state index is 6.96. The van der Waals surface area contributed by atoms with E-state index in [0.29, 0.717) is 5.11 Å². The number of nitrogens with two attached hydrogens (primary N) is 1. The molecular weight excluding hydrogens is 196 g/mol. The van der Waals surface area contributed by atoms with Crippen LogP contribution in [0.3, 0.4) is 0 Å². The van der Waals surface area contributed by atoms with Crippen LogP contribution in [0.25, 0.3) is 0 Å². The molecule has 74 valence electrons. The van der Waals surface area contributed by atoms with Gasteiger partial charge in [0, 0.05) is 5.69 Å². The molecule has 0 bridgehead atoms. The number of hydrogen-bond acceptors (Lipinski definition) is 2. The molecule has 0 saturated heterocycles. The Balaban J connectivity index is 2.56. The molecule has 0 spiro atoms. The molecule has 0 aliphatic carbocycles. The standard InChI is InChI=1S/C9H12N4S/c1-6-2-4-7(5-3-6)12-9(14)13-8(10)11/h2-5H,1H3,(H5,10,11,12,13,14). The summed E-state index contributed by atoms with van der Waals surface area (Å²) in [5.41, 5.74) is 7.17. The van der Waals surface area contributed by atoms with E-state index >= 15 is 0 Å². The highest BCUT2D eigenvalue weighted by Crippen LogP contribution is 2.07. The minimum Gasteiger partial charge on any atom is -0.370 e. The van der Waals surface area contributed by atoms with Gasteiger partial charge in [-0.3, -0.25) is 5.41 Å². The lowest BCUT2D eigenvalue weighted by Crippen LogP contribution is -2.38. The van der Waals surface area contributed by atoms with Crippen LogP contribution in [0.2, 0.25) is 0 Å². The van der Waals surface area contributed by atoms with Gasteiger partial charge in [0.15, 0.2) is 11.1 Å². The number of anilines is 1. The average molecular weight is 208 g/mol. The minimum absolute atomic E-state index is 0.172. The van der Waals surface area contributed by atoms with E-state index in [-0.39, 0.29) is 5.96 Å². The zero-order valence-electron chi connectivity index (χ0n) is 7.79. The van der Waals surface area contributed by atoms with Crippen LogP contribution in [0.4, 0.5) is 5.69 Å². The van der Waals surface area contributed by atoms with Gasteiger partial charge in [0.05, 0.1) is 0 Å². The van der Waals surface area contributed by atoms with E-state index in [0.717, 1.165) is 5.69 Å². The molecule has 0 saturated carbocycles. The number of hydrogen-bond donors (Lipinski definition) is 4. The Kier molecular flexibility index (Phi) is 3.41. The van der Waals surface area contributed by atoms with Crippen molar-refractivity contribution in [2.45, 2.75) is 6.92 Å². The van der Waals surface area contributed by atoms with Crippen LogP contribution in [-0.2, 0) is 0 Å². The second-order valence-corrected chi connectivity index (χ2v) is 3.27. The summed E-state index contributed by atoms with van der Waals surface area (Å²) in [6, 6.07) is 7.75. The molecule has 0 aliphatic rings. The van der Waals surface area contributed by atoms with Gasteiger partial charge in [-0.2, -0.15) is 0 Å². The van der Waals surface area contributed by atoms with Crippen molar-refractivity contribution in [3.63, 3.8) is 0 Å². The van der Waals surface area contributed by atoms with Crippen molar-refractivity contribution in [1.82, 2.24) is 5.32 Å². The highest BCUT2D eigenvalue weighted by Gasteiger charge is 1.97. The van der Waals surface area contributed by atoms with Crippen molar-refractivity contribution in [2.24, 2.45) is 5.73 Å². The fourth-order valence-corrected chi connectivity index (χ4v) is 1.15. The van der Waals surface area contributed by atoms with Crippen molar-refractivity contribution < 1.29 is 0 Å². The number of nitrogens with one attached hydrogen (secondary N) is 3. The predicted molar refractivity (Wildman–Crippen MR) is 62.4 cm³/mol. The topological polar surface area (TPSA) is 73.9 Å². The SMILES string of the molecule is Cc1ccc(NC(=S)NC(=N)N)cc1. The lowest BCUT2D eigenvalue weighted by atomic mass is 10.2. The van der Waals surface area contributed by atoms with Gasteiger partial charge in [0.2, 0.25) is 0 Å². The van der Waals surface area contributed by atoms with Crippen LogP contribution in [0.1, 0.15) is 5.56 Å². The first-order valence-corrected chi connectivity index (χ1v) is 4.47. The van der Waals surface area contributed by atoms with Crippen molar-refractivity contribution in [3.8, 4) is 0 Å². The highest BCUT2D eigenvalue weighted by molar-refractivity contribution is 7.80. The summed E-state index contributed by atoms with van der Waals surface area (Å²) >= 11 is 4.90. The van der Waals surface area contributed by atoms with Gasteiger partial charge < -0.3 is 16.4 Å². The van der Waals surface area contributed by atoms with E-state index in [9.17, 15) is 0 Å². The summed E-state index contributed by atoms with van der Waals surface area (Å²) in [5.74, 6) is -0.172. The van der Waals surface area contributed by atoms with Gasteiger partial charge in [-0.15, -0.1) is 0 Å². The van der Waals surface area contributed by atoms with Crippen LogP contribution in [0.15, 0.2) is 24.3 Å². The van der Waals surface area contributed by atoms with Crippen molar-refractivity contribution >= 4 is 29.0 Å². The van der Waals surface area contributed by atoms with Crippen molar-refractivity contribution in [2.75, 3.05) is 5.32 Å². The van der Waals surface area contributed by atoms with Gasteiger partial charge in [0.25, 0.3) is 0 Å². The molecule has 0 atom stereocenters. The fraction of sp³-hybridized carbons (Fsp3) is 0.111. The van der Waals surface area contributed by atoms with E-state index < -0.39 is 0 Å². The summed E-state index contributed by atoms with van der Waals surface area (Å²) in [7, 11) is 0. The summed E-state index contributed by atoms with van der Waals surface area (Å²) in [4.78, 5) is 0. The lowest BCUT2D eigenvalue weighted by Gasteiger charge is -2.08. The third-order valence-corrected chi connectivity index (χ3v) is 1.76. The van der Waals surface area contributed by atoms with E-state index in [1.807, 2.05) is 31.2 Å². The molecule has 4 nitrogen and oxygen atoms in total. The Morgan fingerprint density at radius 1 is 1.36 bits per heavy atom. The maximum atomic E-state index is 6.96. The molecule has 1 aromatic carbocycles. The van der Waals surface area contributed by atoms with E-state index in [2.05, 4.69) is 10.6 Å². The molecule has 0 fully saturated rings. The van der Waals surface area contributed by atoms with E-state index in [1.165, 1.54) is 5.56 Å². The van der Waals surface area contributed by atoms with Crippen LogP contribution in [0.5, 0.6) is 0 Å². The normalized spacial score (nSPS) is 9.21. The molecule has 5 heteroatoms. The number of thiocarbonyl (C=S) groups is 1. The van der Waals surface area contributed by atoms with Gasteiger partial charge in [-0.25, -0.2) is 0 Å². The zero-order valence-corrected chi connectivity index (χ0v) is 8.61. The van der Waals surface area contributed by atoms with Crippen molar-refractivity contribution in [3.05, 3.63) is 29.8 Å². The quantitative estimate of drug-likeness (QED) is 0.317. The number of benzene rings is 1. The molecule has 1 rings (SSSR count). The molecule has 0 aliphatic heterocycles. The van der Waals surface area contributed by atoms with E-state index in [4.69, 9.17) is 23.4 Å². The fourth-order valence-electron chi connectivity index (χ4n) is 0.922. The smallest absolute Gasteiger partial charge is 0.192 e. The molecule has 0 aromatic heterocycles. The minimum atomic E-state index is -0.172. The average Bonchev–Trinajstić information content (AvgIpc) is 2.07. The summed E-state index contributed by atoms with van der Waals surface area (Å²) < 4.78 is 0. The first kappa shape index (κ1) is 10.5. The first-order chi connectivity index (χ1) is 6.58. The summed E-state index contributed by atoms with van der Waals surface area (Å²) in [6.07, 6.45) is 0. The molecule has 0 heterocycles. The predicted octanol–water partition coefficient (Wildman–Crippen LogP) is 1.17. The Bertz CT molecular complexity index is 344. The third-order valence-electron chi connectivity index (χ3n) is 1.56. The van der Waals surface area contributed by atoms with Gasteiger partial charge in [0.1, 0.15) is 0 Å². The molecule has 5 N–H and O–H groups in total. The number of rotatable bonds is 1. The van der Waals surface area contributed by atoms with Gasteiger partial charge in [-0.05, 0) is 31.3 Å². The zero-order chi connectivity index (χ0) is 10.6. The largest absolute Gasteiger partial charge is 0.370 e. The molecular formula is C9H12N4S. The van der Waals surface area contributed by atoms with Crippen LogP contribution in [0, 0.1) is 12.3 Å². The summed E-state index contributed by atoms with van der Waals surface area (Å²) in [5, 5.41) is 12.7. The molecule has 0 radical (unpaired) electrons. The van der Waals surface area contributed by atoms with Crippen molar-refractivity contribution in [1.29, 1.82) is 5.41 Å². The number of guanidine groups is 1. The number of aryl methyl sites for hydroxylation is 1. The molecule has 14 heavy (non-hydrogen) atoms. The van der Waals surface area contributed by atoms with Crippen LogP contribution >= 0.6 is 12.2 Å².